The molecule has 0 bridgehead atoms. The molecule has 1 heterocycles. The van der Waals surface area contributed by atoms with Crippen LogP contribution >= 0.6 is 0 Å². The summed E-state index contributed by atoms with van der Waals surface area (Å²) in [7, 11) is 0. The van der Waals surface area contributed by atoms with Gasteiger partial charge in [-0.1, -0.05) is 24.4 Å². The van der Waals surface area contributed by atoms with Gasteiger partial charge in [0.1, 0.15) is 12.1 Å². The fraction of sp³-hybridized carbons (Fsp3) is 0.818. The summed E-state index contributed by atoms with van der Waals surface area (Å²) < 4.78 is 0. The third-order valence-electron chi connectivity index (χ3n) is 3.21. The molecule has 1 N–H and O–H groups in total. The predicted molar refractivity (Wildman–Crippen MR) is 64.8 cm³/mol. The van der Waals surface area contributed by atoms with E-state index in [0.29, 0.717) is 13.0 Å². The fourth-order valence-electron chi connectivity index (χ4n) is 2.09. The SMILES string of the molecule is CC(C(=O)O)N1CCCCCCC(N=[N+]=[N-])C1=O. The van der Waals surface area contributed by atoms with E-state index < -0.39 is 18.1 Å². The van der Waals surface area contributed by atoms with Gasteiger partial charge in [-0.25, -0.2) is 4.79 Å². The highest BCUT2D eigenvalue weighted by Crippen LogP contribution is 2.17. The zero-order valence-corrected chi connectivity index (χ0v) is 10.4. The molecule has 2 atom stereocenters. The molecule has 1 rings (SSSR count). The van der Waals surface area contributed by atoms with Gasteiger partial charge in [0, 0.05) is 11.5 Å². The summed E-state index contributed by atoms with van der Waals surface area (Å²) in [5.74, 6) is -1.41. The lowest BCUT2D eigenvalue weighted by molar-refractivity contribution is -0.150. The van der Waals surface area contributed by atoms with E-state index in [9.17, 15) is 9.59 Å². The lowest BCUT2D eigenvalue weighted by Crippen LogP contribution is -2.47. The molecule has 0 aromatic rings. The number of carbonyl (C=O) groups excluding carboxylic acids is 1. The molecule has 0 aromatic heterocycles. The number of nitrogens with zero attached hydrogens (tertiary/aromatic N) is 4. The average Bonchev–Trinajstić information content (AvgIpc) is 2.42. The Morgan fingerprint density at radius 2 is 2.17 bits per heavy atom. The predicted octanol–water partition coefficient (Wildman–Crippen LogP) is 1.93. The molecule has 0 spiro atoms. The molecule has 1 aliphatic rings. The zero-order valence-electron chi connectivity index (χ0n) is 10.4. The summed E-state index contributed by atoms with van der Waals surface area (Å²) in [6.07, 6.45) is 4.03. The van der Waals surface area contributed by atoms with Crippen molar-refractivity contribution in [2.24, 2.45) is 5.11 Å². The minimum absolute atomic E-state index is 0.371. The fourth-order valence-corrected chi connectivity index (χ4v) is 2.09. The molecule has 1 aliphatic heterocycles. The van der Waals surface area contributed by atoms with Crippen LogP contribution in [0.5, 0.6) is 0 Å². The van der Waals surface area contributed by atoms with Gasteiger partial charge in [0.2, 0.25) is 5.91 Å². The van der Waals surface area contributed by atoms with Gasteiger partial charge in [-0.05, 0) is 25.3 Å². The Bertz CT molecular complexity index is 365. The third kappa shape index (κ3) is 3.63. The second kappa shape index (κ2) is 6.86. The number of carboxylic acid groups (broad SMARTS) is 1. The van der Waals surface area contributed by atoms with E-state index >= 15 is 0 Å². The Labute approximate surface area is 105 Å². The van der Waals surface area contributed by atoms with Crippen LogP contribution in [-0.2, 0) is 9.59 Å². The normalized spacial score (nSPS) is 23.3. The van der Waals surface area contributed by atoms with Gasteiger partial charge in [0.05, 0.1) is 0 Å². The van der Waals surface area contributed by atoms with Crippen molar-refractivity contribution in [1.82, 2.24) is 4.90 Å². The van der Waals surface area contributed by atoms with Crippen LogP contribution in [0.25, 0.3) is 10.4 Å². The summed E-state index contributed by atoms with van der Waals surface area (Å²) in [5.41, 5.74) is 8.47. The highest BCUT2D eigenvalue weighted by molar-refractivity contribution is 5.87. The topological polar surface area (TPSA) is 106 Å². The van der Waals surface area contributed by atoms with Crippen molar-refractivity contribution in [1.29, 1.82) is 0 Å². The first kappa shape index (κ1) is 14.3. The standard InChI is InChI=1S/C11H18N4O3/c1-8(11(17)18)15-7-5-3-2-4-6-9(10(15)16)13-14-12/h8-9H,2-7H2,1H3,(H,17,18). The number of hydrogen-bond donors (Lipinski definition) is 1. The first-order valence-corrected chi connectivity index (χ1v) is 6.15. The van der Waals surface area contributed by atoms with Gasteiger partial charge in [-0.3, -0.25) is 4.79 Å². The summed E-state index contributed by atoms with van der Waals surface area (Å²) in [6.45, 7) is 1.88. The summed E-state index contributed by atoms with van der Waals surface area (Å²) >= 11 is 0. The van der Waals surface area contributed by atoms with E-state index in [4.69, 9.17) is 10.6 Å². The average molecular weight is 254 g/mol. The van der Waals surface area contributed by atoms with Crippen molar-refractivity contribution in [2.75, 3.05) is 6.54 Å². The van der Waals surface area contributed by atoms with Gasteiger partial charge in [-0.15, -0.1) is 0 Å². The van der Waals surface area contributed by atoms with Gasteiger partial charge >= 0.3 is 5.97 Å². The quantitative estimate of drug-likeness (QED) is 0.472. The highest BCUT2D eigenvalue weighted by Gasteiger charge is 2.30. The minimum Gasteiger partial charge on any atom is -0.480 e. The molecular weight excluding hydrogens is 236 g/mol. The second-order valence-corrected chi connectivity index (χ2v) is 4.47. The summed E-state index contributed by atoms with van der Waals surface area (Å²) in [5, 5.41) is 12.5. The van der Waals surface area contributed by atoms with E-state index in [1.807, 2.05) is 0 Å². The summed E-state index contributed by atoms with van der Waals surface area (Å²) in [4.78, 5) is 27.2. The van der Waals surface area contributed by atoms with E-state index in [2.05, 4.69) is 10.0 Å². The molecule has 18 heavy (non-hydrogen) atoms. The van der Waals surface area contributed by atoms with E-state index in [0.717, 1.165) is 25.7 Å². The lowest BCUT2D eigenvalue weighted by Gasteiger charge is -2.28. The number of rotatable bonds is 3. The van der Waals surface area contributed by atoms with E-state index in [-0.39, 0.29) is 5.91 Å². The maximum absolute atomic E-state index is 12.2. The summed E-state index contributed by atoms with van der Waals surface area (Å²) in [6, 6.07) is -1.65. The van der Waals surface area contributed by atoms with Crippen molar-refractivity contribution >= 4 is 11.9 Å². The van der Waals surface area contributed by atoms with Gasteiger partial charge in [0.25, 0.3) is 0 Å². The van der Waals surface area contributed by atoms with Crippen LogP contribution < -0.4 is 0 Å². The van der Waals surface area contributed by atoms with E-state index in [1.165, 1.54) is 11.8 Å². The first-order valence-electron chi connectivity index (χ1n) is 6.15. The molecule has 0 radical (unpaired) electrons. The molecule has 7 nitrogen and oxygen atoms in total. The van der Waals surface area contributed by atoms with Crippen LogP contribution in [0, 0.1) is 0 Å². The van der Waals surface area contributed by atoms with Crippen LogP contribution in [0.2, 0.25) is 0 Å². The van der Waals surface area contributed by atoms with Crippen molar-refractivity contribution in [3.05, 3.63) is 10.4 Å². The molecule has 100 valence electrons. The van der Waals surface area contributed by atoms with Crippen LogP contribution in [0.15, 0.2) is 5.11 Å². The Morgan fingerprint density at radius 1 is 1.50 bits per heavy atom. The molecule has 1 amide bonds. The van der Waals surface area contributed by atoms with Gasteiger partial charge in [0.15, 0.2) is 0 Å². The Morgan fingerprint density at radius 3 is 2.78 bits per heavy atom. The van der Waals surface area contributed by atoms with Gasteiger partial charge < -0.3 is 10.0 Å². The third-order valence-corrected chi connectivity index (χ3v) is 3.21. The largest absolute Gasteiger partial charge is 0.480 e. The lowest BCUT2D eigenvalue weighted by atomic mass is 10.1. The van der Waals surface area contributed by atoms with Crippen molar-refractivity contribution < 1.29 is 14.7 Å². The monoisotopic (exact) mass is 254 g/mol. The number of amides is 1. The Balaban J connectivity index is 2.91. The molecular formula is C11H18N4O3. The van der Waals surface area contributed by atoms with E-state index in [1.54, 1.807) is 0 Å². The number of carboxylic acids is 1. The molecule has 0 saturated carbocycles. The van der Waals surface area contributed by atoms with Crippen LogP contribution in [0.1, 0.15) is 39.0 Å². The van der Waals surface area contributed by atoms with Crippen molar-refractivity contribution in [2.45, 2.75) is 51.1 Å². The maximum atomic E-state index is 12.2. The minimum atomic E-state index is -1.04. The number of carbonyl (C=O) groups is 2. The Kier molecular flexibility index (Phi) is 5.45. The number of aliphatic carboxylic acids is 1. The van der Waals surface area contributed by atoms with Crippen molar-refractivity contribution in [3.63, 3.8) is 0 Å². The first-order chi connectivity index (χ1) is 8.57. The number of azide groups is 1. The maximum Gasteiger partial charge on any atom is 0.326 e. The number of hydrogen-bond acceptors (Lipinski definition) is 3. The molecule has 1 saturated heterocycles. The molecule has 1 fully saturated rings. The van der Waals surface area contributed by atoms with Crippen LogP contribution in [-0.4, -0.2) is 40.5 Å². The Hall–Kier alpha value is -1.75. The van der Waals surface area contributed by atoms with Gasteiger partial charge in [-0.2, -0.15) is 0 Å². The zero-order chi connectivity index (χ0) is 13.5. The van der Waals surface area contributed by atoms with Crippen molar-refractivity contribution in [3.8, 4) is 0 Å². The molecule has 2 unspecified atom stereocenters. The highest BCUT2D eigenvalue weighted by atomic mass is 16.4. The second-order valence-electron chi connectivity index (χ2n) is 4.47. The van der Waals surface area contributed by atoms with Crippen LogP contribution in [0.4, 0.5) is 0 Å². The molecule has 0 aromatic carbocycles. The van der Waals surface area contributed by atoms with Crippen LogP contribution in [0.3, 0.4) is 0 Å². The molecule has 7 heteroatoms. The smallest absolute Gasteiger partial charge is 0.326 e. The molecule has 0 aliphatic carbocycles.